The van der Waals surface area contributed by atoms with Gasteiger partial charge in [0.05, 0.1) is 12.7 Å². The number of nitrogens with zero attached hydrogens (tertiary/aromatic N) is 3. The van der Waals surface area contributed by atoms with Gasteiger partial charge in [-0.05, 0) is 19.3 Å². The lowest BCUT2D eigenvalue weighted by molar-refractivity contribution is 0.392. The van der Waals surface area contributed by atoms with Gasteiger partial charge in [0.2, 0.25) is 5.88 Å². The van der Waals surface area contributed by atoms with Crippen LogP contribution in [0.25, 0.3) is 0 Å². The second-order valence-electron chi connectivity index (χ2n) is 4.56. The molecule has 2 unspecified atom stereocenters. The molecule has 1 aromatic rings. The molecule has 0 amide bonds. The Morgan fingerprint density at radius 1 is 1.47 bits per heavy atom. The maximum absolute atomic E-state index is 6.23. The Hall–Kier alpha value is -1.03. The molecule has 0 saturated carbocycles. The van der Waals surface area contributed by atoms with Gasteiger partial charge in [0, 0.05) is 18.5 Å². The molecule has 2 rings (SSSR count). The summed E-state index contributed by atoms with van der Waals surface area (Å²) in [6.45, 7) is 6.05. The summed E-state index contributed by atoms with van der Waals surface area (Å²) in [6.07, 6.45) is 2.55. The number of ether oxygens (including phenoxy) is 1. The van der Waals surface area contributed by atoms with E-state index in [-0.39, 0.29) is 5.38 Å². The average Bonchev–Trinajstić information content (AvgIpc) is 2.33. The summed E-state index contributed by atoms with van der Waals surface area (Å²) in [5.41, 5.74) is 0.996. The molecule has 0 aliphatic carbocycles. The van der Waals surface area contributed by atoms with E-state index in [1.807, 2.05) is 6.92 Å². The van der Waals surface area contributed by atoms with Gasteiger partial charge in [-0.15, -0.1) is 11.6 Å². The summed E-state index contributed by atoms with van der Waals surface area (Å²) in [7, 11) is 1.63. The number of alkyl halides is 1. The lowest BCUT2D eigenvalue weighted by Gasteiger charge is -2.35. The Kier molecular flexibility index (Phi) is 3.72. The van der Waals surface area contributed by atoms with Gasteiger partial charge in [-0.2, -0.15) is 0 Å². The van der Waals surface area contributed by atoms with Gasteiger partial charge in [0.15, 0.2) is 0 Å². The molecular formula is C12H18ClN3O. The molecule has 0 bridgehead atoms. The Bertz CT molecular complexity index is 399. The fourth-order valence-corrected chi connectivity index (χ4v) is 2.44. The highest BCUT2D eigenvalue weighted by Crippen LogP contribution is 2.29. The van der Waals surface area contributed by atoms with Gasteiger partial charge in [-0.3, -0.25) is 0 Å². The van der Waals surface area contributed by atoms with Gasteiger partial charge in [0.25, 0.3) is 0 Å². The Labute approximate surface area is 107 Å². The van der Waals surface area contributed by atoms with Gasteiger partial charge < -0.3 is 9.64 Å². The van der Waals surface area contributed by atoms with Crippen LogP contribution in [0.2, 0.25) is 0 Å². The molecule has 2 heterocycles. The van der Waals surface area contributed by atoms with Crippen LogP contribution in [-0.2, 0) is 0 Å². The van der Waals surface area contributed by atoms with Crippen molar-refractivity contribution in [1.82, 2.24) is 9.97 Å². The summed E-state index contributed by atoms with van der Waals surface area (Å²) >= 11 is 6.23. The van der Waals surface area contributed by atoms with Crippen LogP contribution in [-0.4, -0.2) is 35.5 Å². The highest BCUT2D eigenvalue weighted by Gasteiger charge is 2.26. The first kappa shape index (κ1) is 12.4. The lowest BCUT2D eigenvalue weighted by Crippen LogP contribution is -2.40. The molecule has 1 aliphatic rings. The van der Waals surface area contributed by atoms with E-state index in [4.69, 9.17) is 16.3 Å². The van der Waals surface area contributed by atoms with E-state index in [2.05, 4.69) is 21.8 Å². The van der Waals surface area contributed by atoms with Crippen LogP contribution in [0.1, 0.15) is 18.9 Å². The van der Waals surface area contributed by atoms with Gasteiger partial charge in [-0.25, -0.2) is 9.97 Å². The van der Waals surface area contributed by atoms with Crippen LogP contribution in [0.3, 0.4) is 0 Å². The summed E-state index contributed by atoms with van der Waals surface area (Å²) in [6, 6.07) is 0. The number of hydrogen-bond donors (Lipinski definition) is 0. The first-order chi connectivity index (χ1) is 8.13. The van der Waals surface area contributed by atoms with Crippen LogP contribution in [0, 0.1) is 12.8 Å². The molecule has 94 valence electrons. The first-order valence-electron chi connectivity index (χ1n) is 5.88. The second-order valence-corrected chi connectivity index (χ2v) is 5.12. The molecule has 1 aliphatic heterocycles. The fraction of sp³-hybridized carbons (Fsp3) is 0.667. The number of piperidine rings is 1. The number of halogens is 1. The van der Waals surface area contributed by atoms with E-state index in [1.54, 1.807) is 13.4 Å². The molecule has 1 saturated heterocycles. The maximum atomic E-state index is 6.23. The Morgan fingerprint density at radius 3 is 2.88 bits per heavy atom. The minimum absolute atomic E-state index is 0.273. The number of rotatable bonds is 2. The van der Waals surface area contributed by atoms with Crippen molar-refractivity contribution in [1.29, 1.82) is 0 Å². The molecule has 0 radical (unpaired) electrons. The van der Waals surface area contributed by atoms with Crippen LogP contribution in [0.4, 0.5) is 5.82 Å². The Balaban J connectivity index is 2.23. The number of hydrogen-bond acceptors (Lipinski definition) is 4. The molecule has 0 spiro atoms. The molecule has 17 heavy (non-hydrogen) atoms. The Morgan fingerprint density at radius 2 is 2.24 bits per heavy atom. The first-order valence-corrected chi connectivity index (χ1v) is 6.31. The number of aromatic nitrogens is 2. The molecule has 5 heteroatoms. The van der Waals surface area contributed by atoms with Crippen LogP contribution in [0.15, 0.2) is 6.33 Å². The van der Waals surface area contributed by atoms with E-state index in [0.717, 1.165) is 30.9 Å². The van der Waals surface area contributed by atoms with Crippen molar-refractivity contribution in [2.24, 2.45) is 5.92 Å². The smallest absolute Gasteiger partial charge is 0.221 e. The predicted octanol–water partition coefficient (Wildman–Crippen LogP) is 2.25. The van der Waals surface area contributed by atoms with Crippen molar-refractivity contribution in [3.63, 3.8) is 0 Å². The van der Waals surface area contributed by atoms with Crippen molar-refractivity contribution in [2.75, 3.05) is 25.1 Å². The van der Waals surface area contributed by atoms with Crippen LogP contribution in [0.5, 0.6) is 5.88 Å². The van der Waals surface area contributed by atoms with E-state index < -0.39 is 0 Å². The molecule has 0 N–H and O–H groups in total. The van der Waals surface area contributed by atoms with E-state index in [0.29, 0.717) is 11.8 Å². The van der Waals surface area contributed by atoms with Gasteiger partial charge in [-0.1, -0.05) is 6.92 Å². The zero-order chi connectivity index (χ0) is 12.4. The predicted molar refractivity (Wildman–Crippen MR) is 69.0 cm³/mol. The third-order valence-corrected chi connectivity index (χ3v) is 3.95. The van der Waals surface area contributed by atoms with Crippen molar-refractivity contribution >= 4 is 17.4 Å². The highest BCUT2D eigenvalue weighted by atomic mass is 35.5. The highest BCUT2D eigenvalue weighted by molar-refractivity contribution is 6.20. The molecule has 1 fully saturated rings. The number of methoxy groups -OCH3 is 1. The second kappa shape index (κ2) is 5.08. The topological polar surface area (TPSA) is 38.3 Å². The number of anilines is 1. The van der Waals surface area contributed by atoms with Gasteiger partial charge in [0.1, 0.15) is 12.1 Å². The third kappa shape index (κ3) is 2.46. The molecule has 0 aromatic carbocycles. The molecule has 2 atom stereocenters. The van der Waals surface area contributed by atoms with Crippen molar-refractivity contribution in [3.05, 3.63) is 11.9 Å². The van der Waals surface area contributed by atoms with Crippen molar-refractivity contribution in [3.8, 4) is 5.88 Å². The van der Waals surface area contributed by atoms with E-state index in [9.17, 15) is 0 Å². The normalized spacial score (nSPS) is 24.8. The minimum atomic E-state index is 0.273. The summed E-state index contributed by atoms with van der Waals surface area (Å²) in [4.78, 5) is 10.7. The fourth-order valence-electron chi connectivity index (χ4n) is 2.26. The van der Waals surface area contributed by atoms with Crippen molar-refractivity contribution in [2.45, 2.75) is 25.6 Å². The molecular weight excluding hydrogens is 238 g/mol. The zero-order valence-corrected chi connectivity index (χ0v) is 11.2. The maximum Gasteiger partial charge on any atom is 0.221 e. The lowest BCUT2D eigenvalue weighted by atomic mass is 9.99. The van der Waals surface area contributed by atoms with E-state index >= 15 is 0 Å². The largest absolute Gasteiger partial charge is 0.481 e. The molecule has 4 nitrogen and oxygen atoms in total. The van der Waals surface area contributed by atoms with Crippen molar-refractivity contribution < 1.29 is 4.74 Å². The van der Waals surface area contributed by atoms with Gasteiger partial charge >= 0.3 is 0 Å². The third-order valence-electron chi connectivity index (χ3n) is 3.30. The summed E-state index contributed by atoms with van der Waals surface area (Å²) in [5, 5.41) is 0.273. The SMILES string of the molecule is COc1ncnc(N2CCC(Cl)C(C)C2)c1C. The van der Waals surface area contributed by atoms with Crippen LogP contribution < -0.4 is 9.64 Å². The zero-order valence-electron chi connectivity index (χ0n) is 10.5. The average molecular weight is 256 g/mol. The monoisotopic (exact) mass is 255 g/mol. The quantitative estimate of drug-likeness (QED) is 0.760. The summed E-state index contributed by atoms with van der Waals surface area (Å²) < 4.78 is 5.22. The standard InChI is InChI=1S/C12H18ClN3O/c1-8-6-16(5-4-10(8)13)11-9(2)12(17-3)15-7-14-11/h7-8,10H,4-6H2,1-3H3. The summed E-state index contributed by atoms with van der Waals surface area (Å²) in [5.74, 6) is 2.09. The van der Waals surface area contributed by atoms with E-state index in [1.165, 1.54) is 0 Å². The minimum Gasteiger partial charge on any atom is -0.481 e. The molecule has 1 aromatic heterocycles. The van der Waals surface area contributed by atoms with Crippen LogP contribution >= 0.6 is 11.6 Å².